The fraction of sp³-hybridized carbons (Fsp3) is 0.571. The van der Waals surface area contributed by atoms with E-state index in [0.717, 1.165) is 31.2 Å². The van der Waals surface area contributed by atoms with Gasteiger partial charge in [-0.1, -0.05) is 25.3 Å². The van der Waals surface area contributed by atoms with Crippen LogP contribution < -0.4 is 10.5 Å². The summed E-state index contributed by atoms with van der Waals surface area (Å²) in [5, 5.41) is 9.78. The van der Waals surface area contributed by atoms with Crippen molar-refractivity contribution in [2.45, 2.75) is 37.5 Å². The van der Waals surface area contributed by atoms with E-state index in [0.29, 0.717) is 6.54 Å². The third-order valence-corrected chi connectivity index (χ3v) is 4.06. The molecule has 0 saturated heterocycles. The van der Waals surface area contributed by atoms with Crippen LogP contribution in [0.5, 0.6) is 11.5 Å². The van der Waals surface area contributed by atoms with Gasteiger partial charge in [-0.2, -0.15) is 0 Å². The summed E-state index contributed by atoms with van der Waals surface area (Å²) >= 11 is 0. The minimum absolute atomic E-state index is 0.186. The summed E-state index contributed by atoms with van der Waals surface area (Å²) in [4.78, 5) is 0. The second-order valence-corrected chi connectivity index (χ2v) is 5.02. The second kappa shape index (κ2) is 5.14. The van der Waals surface area contributed by atoms with E-state index in [1.807, 2.05) is 0 Å². The third kappa shape index (κ3) is 2.05. The van der Waals surface area contributed by atoms with E-state index in [1.165, 1.54) is 19.6 Å². The zero-order valence-corrected chi connectivity index (χ0v) is 10.7. The van der Waals surface area contributed by atoms with E-state index in [9.17, 15) is 9.50 Å². The molecule has 1 aromatic rings. The molecule has 1 saturated carbocycles. The van der Waals surface area contributed by atoms with E-state index >= 15 is 0 Å². The highest BCUT2D eigenvalue weighted by atomic mass is 19.1. The molecule has 0 spiro atoms. The maximum absolute atomic E-state index is 13.4. The first-order valence-corrected chi connectivity index (χ1v) is 6.40. The number of phenolic OH excluding ortho intramolecular Hbond substituents is 1. The molecule has 0 radical (unpaired) electrons. The molecule has 1 aromatic carbocycles. The third-order valence-electron chi connectivity index (χ3n) is 4.06. The van der Waals surface area contributed by atoms with E-state index in [1.54, 1.807) is 6.07 Å². The molecule has 0 heterocycles. The van der Waals surface area contributed by atoms with Gasteiger partial charge in [0.2, 0.25) is 0 Å². The van der Waals surface area contributed by atoms with Gasteiger partial charge >= 0.3 is 0 Å². The fourth-order valence-electron chi connectivity index (χ4n) is 2.98. The van der Waals surface area contributed by atoms with E-state index < -0.39 is 11.6 Å². The molecule has 1 fully saturated rings. The fourth-order valence-corrected chi connectivity index (χ4v) is 2.98. The summed E-state index contributed by atoms with van der Waals surface area (Å²) in [7, 11) is 1.45. The standard InChI is InChI=1S/C14H20FNO2/c1-18-13-10(5-6-11(15)12(13)17)14(9-16)7-3-2-4-8-14/h5-6,17H,2-4,7-9,16H2,1H3. The molecule has 1 aliphatic rings. The maximum Gasteiger partial charge on any atom is 0.194 e. The SMILES string of the molecule is COc1c(C2(CN)CCCCC2)ccc(F)c1O. The van der Waals surface area contributed by atoms with E-state index in [4.69, 9.17) is 10.5 Å². The largest absolute Gasteiger partial charge is 0.502 e. The molecule has 0 bridgehead atoms. The first-order chi connectivity index (χ1) is 8.64. The Kier molecular flexibility index (Phi) is 3.76. The lowest BCUT2D eigenvalue weighted by molar-refractivity contribution is 0.280. The van der Waals surface area contributed by atoms with Crippen LogP contribution in [-0.4, -0.2) is 18.8 Å². The molecule has 3 N–H and O–H groups in total. The number of ether oxygens (including phenoxy) is 1. The smallest absolute Gasteiger partial charge is 0.194 e. The van der Waals surface area contributed by atoms with Crippen molar-refractivity contribution in [3.05, 3.63) is 23.5 Å². The molecule has 3 nitrogen and oxygen atoms in total. The van der Waals surface area contributed by atoms with Gasteiger partial charge in [-0.25, -0.2) is 4.39 Å². The summed E-state index contributed by atoms with van der Waals surface area (Å²) < 4.78 is 18.6. The highest BCUT2D eigenvalue weighted by molar-refractivity contribution is 5.50. The first-order valence-electron chi connectivity index (χ1n) is 6.40. The number of phenols is 1. The summed E-state index contributed by atoms with van der Waals surface area (Å²) in [5.41, 5.74) is 6.60. The second-order valence-electron chi connectivity index (χ2n) is 5.02. The van der Waals surface area contributed by atoms with Gasteiger partial charge in [-0.05, 0) is 18.9 Å². The van der Waals surface area contributed by atoms with Crippen LogP contribution in [0.4, 0.5) is 4.39 Å². The summed E-state index contributed by atoms with van der Waals surface area (Å²) in [6.45, 7) is 0.494. The van der Waals surface area contributed by atoms with Crippen LogP contribution in [0, 0.1) is 5.82 Å². The Balaban J connectivity index is 2.51. The maximum atomic E-state index is 13.4. The van der Waals surface area contributed by atoms with E-state index in [-0.39, 0.29) is 11.2 Å². The van der Waals surface area contributed by atoms with Gasteiger partial charge in [0.1, 0.15) is 0 Å². The van der Waals surface area contributed by atoms with Crippen molar-refractivity contribution in [3.8, 4) is 11.5 Å². The topological polar surface area (TPSA) is 55.5 Å². The molecule has 0 unspecified atom stereocenters. The predicted molar refractivity (Wildman–Crippen MR) is 68.4 cm³/mol. The average molecular weight is 253 g/mol. The number of aromatic hydroxyl groups is 1. The molecule has 18 heavy (non-hydrogen) atoms. The van der Waals surface area contributed by atoms with Gasteiger partial charge in [0.25, 0.3) is 0 Å². The van der Waals surface area contributed by atoms with Crippen molar-refractivity contribution in [1.29, 1.82) is 0 Å². The Bertz CT molecular complexity index is 428. The van der Waals surface area contributed by atoms with Crippen molar-refractivity contribution in [1.82, 2.24) is 0 Å². The Morgan fingerprint density at radius 1 is 1.33 bits per heavy atom. The molecular formula is C14H20FNO2. The zero-order chi connectivity index (χ0) is 13.2. The Morgan fingerprint density at radius 2 is 2.00 bits per heavy atom. The molecule has 0 aromatic heterocycles. The van der Waals surface area contributed by atoms with Crippen molar-refractivity contribution in [3.63, 3.8) is 0 Å². The molecular weight excluding hydrogens is 233 g/mol. The van der Waals surface area contributed by atoms with Gasteiger partial charge in [0.15, 0.2) is 17.3 Å². The number of benzene rings is 1. The molecule has 2 rings (SSSR count). The van der Waals surface area contributed by atoms with Crippen LogP contribution >= 0.6 is 0 Å². The monoisotopic (exact) mass is 253 g/mol. The zero-order valence-electron chi connectivity index (χ0n) is 10.7. The molecule has 0 amide bonds. The van der Waals surface area contributed by atoms with Crippen LogP contribution in [0.3, 0.4) is 0 Å². The quantitative estimate of drug-likeness (QED) is 0.870. The lowest BCUT2D eigenvalue weighted by atomic mass is 9.69. The van der Waals surface area contributed by atoms with Gasteiger partial charge in [-0.15, -0.1) is 0 Å². The molecule has 0 aliphatic heterocycles. The van der Waals surface area contributed by atoms with Crippen LogP contribution in [0.1, 0.15) is 37.7 Å². The highest BCUT2D eigenvalue weighted by Crippen LogP contribution is 2.46. The predicted octanol–water partition coefficient (Wildman–Crippen LogP) is 2.70. The first kappa shape index (κ1) is 13.1. The minimum atomic E-state index is -0.654. The van der Waals surface area contributed by atoms with Crippen molar-refractivity contribution in [2.75, 3.05) is 13.7 Å². The Hall–Kier alpha value is -1.29. The normalized spacial score (nSPS) is 18.6. The van der Waals surface area contributed by atoms with Crippen molar-refractivity contribution in [2.24, 2.45) is 5.73 Å². The Morgan fingerprint density at radius 3 is 2.56 bits per heavy atom. The van der Waals surface area contributed by atoms with Gasteiger partial charge < -0.3 is 15.6 Å². The van der Waals surface area contributed by atoms with Gasteiger partial charge in [0.05, 0.1) is 7.11 Å². The van der Waals surface area contributed by atoms with Crippen LogP contribution in [0.15, 0.2) is 12.1 Å². The lowest BCUT2D eigenvalue weighted by Crippen LogP contribution is -2.37. The van der Waals surface area contributed by atoms with Gasteiger partial charge in [-0.3, -0.25) is 0 Å². The number of methoxy groups -OCH3 is 1. The number of nitrogens with two attached hydrogens (primary N) is 1. The molecule has 1 aliphatic carbocycles. The van der Waals surface area contributed by atoms with Crippen molar-refractivity contribution >= 4 is 0 Å². The van der Waals surface area contributed by atoms with Crippen LogP contribution in [-0.2, 0) is 5.41 Å². The molecule has 0 atom stereocenters. The summed E-state index contributed by atoms with van der Waals surface area (Å²) in [5.74, 6) is -0.825. The number of hydrogen-bond donors (Lipinski definition) is 2. The molecule has 100 valence electrons. The Labute approximate surface area is 107 Å². The van der Waals surface area contributed by atoms with Crippen LogP contribution in [0.25, 0.3) is 0 Å². The summed E-state index contributed by atoms with van der Waals surface area (Å²) in [6, 6.07) is 2.99. The van der Waals surface area contributed by atoms with E-state index in [2.05, 4.69) is 0 Å². The number of hydrogen-bond acceptors (Lipinski definition) is 3. The number of rotatable bonds is 3. The highest BCUT2D eigenvalue weighted by Gasteiger charge is 2.36. The molecule has 4 heteroatoms. The van der Waals surface area contributed by atoms with Gasteiger partial charge in [0, 0.05) is 17.5 Å². The minimum Gasteiger partial charge on any atom is -0.502 e. The van der Waals surface area contributed by atoms with Crippen LogP contribution in [0.2, 0.25) is 0 Å². The average Bonchev–Trinajstić information content (AvgIpc) is 2.42. The summed E-state index contributed by atoms with van der Waals surface area (Å²) in [6.07, 6.45) is 5.35. The van der Waals surface area contributed by atoms with Crippen molar-refractivity contribution < 1.29 is 14.2 Å². The lowest BCUT2D eigenvalue weighted by Gasteiger charge is -2.37. The number of halogens is 1.